The average Bonchev–Trinajstić information content (AvgIpc) is 3.48. The van der Waals surface area contributed by atoms with Crippen LogP contribution in [0.25, 0.3) is 11.0 Å². The Morgan fingerprint density at radius 1 is 1.20 bits per heavy atom. The van der Waals surface area contributed by atoms with Gasteiger partial charge in [-0.2, -0.15) is 0 Å². The lowest BCUT2D eigenvalue weighted by atomic mass is 10.0. The minimum atomic E-state index is -0.0638. The second-order valence-corrected chi connectivity index (χ2v) is 8.12. The van der Waals surface area contributed by atoms with Crippen molar-refractivity contribution in [1.29, 1.82) is 0 Å². The molecule has 0 unspecified atom stereocenters. The molecule has 3 aromatic heterocycles. The van der Waals surface area contributed by atoms with Crippen molar-refractivity contribution in [3.8, 4) is 5.88 Å². The maximum Gasteiger partial charge on any atom is 0.321 e. The van der Waals surface area contributed by atoms with Crippen molar-refractivity contribution in [2.24, 2.45) is 11.8 Å². The lowest BCUT2D eigenvalue weighted by Crippen LogP contribution is -2.36. The molecule has 156 valence electrons. The minimum absolute atomic E-state index is 0.0638. The van der Waals surface area contributed by atoms with E-state index < -0.39 is 0 Å². The van der Waals surface area contributed by atoms with Gasteiger partial charge in [0, 0.05) is 38.4 Å². The monoisotopic (exact) mass is 407 g/mol. The van der Waals surface area contributed by atoms with Crippen molar-refractivity contribution in [3.05, 3.63) is 36.9 Å². The van der Waals surface area contributed by atoms with Gasteiger partial charge in [-0.1, -0.05) is 0 Å². The van der Waals surface area contributed by atoms with Crippen LogP contribution in [0.1, 0.15) is 12.8 Å². The van der Waals surface area contributed by atoms with Gasteiger partial charge in [-0.15, -0.1) is 0 Å². The summed E-state index contributed by atoms with van der Waals surface area (Å²) in [6, 6.07) is 5.92. The lowest BCUT2D eigenvalue weighted by molar-refractivity contribution is 0.218. The Labute approximate surface area is 174 Å². The van der Waals surface area contributed by atoms with Crippen molar-refractivity contribution in [1.82, 2.24) is 24.8 Å². The molecule has 0 radical (unpaired) electrons. The van der Waals surface area contributed by atoms with Crippen LogP contribution in [0.4, 0.5) is 16.3 Å². The number of nitrogens with one attached hydrogen (secondary N) is 2. The molecule has 1 saturated heterocycles. The number of likely N-dealkylation sites (tertiary alicyclic amines) is 1. The molecule has 9 heteroatoms. The van der Waals surface area contributed by atoms with Crippen molar-refractivity contribution < 1.29 is 9.53 Å². The summed E-state index contributed by atoms with van der Waals surface area (Å²) >= 11 is 0. The highest BCUT2D eigenvalue weighted by Crippen LogP contribution is 2.41. The van der Waals surface area contributed by atoms with E-state index in [4.69, 9.17) is 4.74 Å². The molecular weight excluding hydrogens is 382 g/mol. The zero-order chi connectivity index (χ0) is 20.7. The van der Waals surface area contributed by atoms with Crippen LogP contribution >= 0.6 is 0 Å². The zero-order valence-corrected chi connectivity index (χ0v) is 17.1. The molecule has 1 saturated carbocycles. The smallest absolute Gasteiger partial charge is 0.321 e. The fourth-order valence-electron chi connectivity index (χ4n) is 4.84. The van der Waals surface area contributed by atoms with Crippen molar-refractivity contribution in [3.63, 3.8) is 0 Å². The van der Waals surface area contributed by atoms with Crippen LogP contribution in [-0.2, 0) is 0 Å². The number of aromatic nitrogens is 4. The topological polar surface area (TPSA) is 99.3 Å². The van der Waals surface area contributed by atoms with E-state index in [0.717, 1.165) is 42.8 Å². The average molecular weight is 407 g/mol. The van der Waals surface area contributed by atoms with Gasteiger partial charge in [0.25, 0.3) is 0 Å². The normalized spacial score (nSPS) is 22.9. The summed E-state index contributed by atoms with van der Waals surface area (Å²) in [7, 11) is 3.68. The van der Waals surface area contributed by atoms with E-state index in [0.29, 0.717) is 29.4 Å². The number of H-pyrrole nitrogens is 1. The summed E-state index contributed by atoms with van der Waals surface area (Å²) in [5, 5.41) is 3.99. The van der Waals surface area contributed by atoms with Gasteiger partial charge < -0.3 is 24.8 Å². The van der Waals surface area contributed by atoms with Crippen molar-refractivity contribution in [2.75, 3.05) is 37.5 Å². The lowest BCUT2D eigenvalue weighted by Gasteiger charge is -2.28. The van der Waals surface area contributed by atoms with E-state index in [1.807, 2.05) is 17.2 Å². The van der Waals surface area contributed by atoms with Crippen LogP contribution in [0, 0.1) is 11.8 Å². The minimum Gasteiger partial charge on any atom is -0.481 e. The molecule has 3 atom stereocenters. The number of aromatic amines is 1. The highest BCUT2D eigenvalue weighted by molar-refractivity contribution is 5.89. The molecule has 4 heterocycles. The fourth-order valence-corrected chi connectivity index (χ4v) is 4.84. The summed E-state index contributed by atoms with van der Waals surface area (Å²) in [5.74, 6) is 2.52. The SMILES string of the molecule is COc1ccc(NC(=O)N2C[C@H]3C[C@@H](N(C)c4ncnc5[nH]ccc45)C[C@H]3C2)cn1. The second kappa shape index (κ2) is 7.47. The number of carbonyl (C=O) groups excluding carboxylic acids is 1. The summed E-state index contributed by atoms with van der Waals surface area (Å²) in [6.07, 6.45) is 7.24. The van der Waals surface area contributed by atoms with Crippen LogP contribution in [0.5, 0.6) is 5.88 Å². The fraction of sp³-hybridized carbons (Fsp3) is 0.429. The van der Waals surface area contributed by atoms with Gasteiger partial charge in [0.15, 0.2) is 0 Å². The Morgan fingerprint density at radius 2 is 2.00 bits per heavy atom. The number of hydrogen-bond donors (Lipinski definition) is 2. The third-order valence-corrected chi connectivity index (χ3v) is 6.42. The Morgan fingerprint density at radius 3 is 2.70 bits per heavy atom. The van der Waals surface area contributed by atoms with Gasteiger partial charge >= 0.3 is 6.03 Å². The van der Waals surface area contributed by atoms with Crippen molar-refractivity contribution >= 4 is 28.6 Å². The van der Waals surface area contributed by atoms with Gasteiger partial charge in [-0.25, -0.2) is 19.7 Å². The predicted octanol–water partition coefficient (Wildman–Crippen LogP) is 2.74. The Balaban J connectivity index is 1.20. The highest BCUT2D eigenvalue weighted by Gasteiger charge is 2.44. The first kappa shape index (κ1) is 18.7. The number of rotatable bonds is 4. The molecule has 2 fully saturated rings. The largest absolute Gasteiger partial charge is 0.481 e. The number of anilines is 2. The molecule has 9 nitrogen and oxygen atoms in total. The molecule has 0 aromatic carbocycles. The molecule has 2 amide bonds. The van der Waals surface area contributed by atoms with E-state index in [2.05, 4.69) is 37.2 Å². The van der Waals surface area contributed by atoms with Crippen LogP contribution in [0.3, 0.4) is 0 Å². The molecule has 2 aliphatic rings. The summed E-state index contributed by atoms with van der Waals surface area (Å²) in [4.78, 5) is 33.0. The van der Waals surface area contributed by atoms with Crippen LogP contribution in [-0.4, -0.2) is 64.2 Å². The maximum absolute atomic E-state index is 12.7. The van der Waals surface area contributed by atoms with E-state index in [1.165, 1.54) is 0 Å². The van der Waals surface area contributed by atoms with Crippen molar-refractivity contribution in [2.45, 2.75) is 18.9 Å². The number of methoxy groups -OCH3 is 1. The number of fused-ring (bicyclic) bond motifs is 2. The van der Waals surface area contributed by atoms with E-state index in [-0.39, 0.29) is 6.03 Å². The van der Waals surface area contributed by atoms with E-state index >= 15 is 0 Å². The number of ether oxygens (including phenoxy) is 1. The molecule has 0 spiro atoms. The maximum atomic E-state index is 12.7. The molecule has 30 heavy (non-hydrogen) atoms. The number of urea groups is 1. The summed E-state index contributed by atoms with van der Waals surface area (Å²) < 4.78 is 5.06. The molecule has 1 aliphatic carbocycles. The second-order valence-electron chi connectivity index (χ2n) is 8.12. The van der Waals surface area contributed by atoms with Crippen LogP contribution in [0.15, 0.2) is 36.9 Å². The van der Waals surface area contributed by atoms with Gasteiger partial charge in [0.1, 0.15) is 17.8 Å². The first-order chi connectivity index (χ1) is 14.6. The Kier molecular flexibility index (Phi) is 4.65. The molecule has 2 N–H and O–H groups in total. The quantitative estimate of drug-likeness (QED) is 0.690. The van der Waals surface area contributed by atoms with E-state index in [9.17, 15) is 4.79 Å². The van der Waals surface area contributed by atoms with E-state index in [1.54, 1.807) is 31.8 Å². The molecule has 5 rings (SSSR count). The molecule has 1 aliphatic heterocycles. The molecule has 0 bridgehead atoms. The highest BCUT2D eigenvalue weighted by atomic mass is 16.5. The van der Waals surface area contributed by atoms with Crippen LogP contribution < -0.4 is 15.0 Å². The first-order valence-corrected chi connectivity index (χ1v) is 10.2. The third-order valence-electron chi connectivity index (χ3n) is 6.42. The van der Waals surface area contributed by atoms with Crippen LogP contribution in [0.2, 0.25) is 0 Å². The zero-order valence-electron chi connectivity index (χ0n) is 17.1. The third kappa shape index (κ3) is 3.30. The number of pyridine rings is 1. The van der Waals surface area contributed by atoms with Gasteiger partial charge in [0.2, 0.25) is 5.88 Å². The number of nitrogens with zero attached hydrogens (tertiary/aromatic N) is 5. The molecule has 3 aromatic rings. The number of amides is 2. The number of hydrogen-bond acceptors (Lipinski definition) is 6. The summed E-state index contributed by atoms with van der Waals surface area (Å²) in [5.41, 5.74) is 1.54. The predicted molar refractivity (Wildman–Crippen MR) is 114 cm³/mol. The molecular formula is C21H25N7O2. The van der Waals surface area contributed by atoms with Gasteiger partial charge in [0.05, 0.1) is 24.4 Å². The van der Waals surface area contributed by atoms with Gasteiger partial charge in [-0.05, 0) is 36.8 Å². The Bertz CT molecular complexity index is 1040. The summed E-state index contributed by atoms with van der Waals surface area (Å²) in [6.45, 7) is 1.57. The number of carbonyl (C=O) groups is 1. The first-order valence-electron chi connectivity index (χ1n) is 10.2. The Hall–Kier alpha value is -3.36. The van der Waals surface area contributed by atoms with Gasteiger partial charge in [-0.3, -0.25) is 0 Å². The standard InChI is InChI=1S/C21H25N7O2/c1-27(20-17-5-6-22-19(17)24-12-25-20)16-7-13-10-28(11-14(13)8-16)21(29)26-15-3-4-18(30-2)23-9-15/h3-6,9,12-14,16H,7-8,10-11H2,1-2H3,(H,26,29)(H,22,24,25)/t13-,14+,16-.